The van der Waals surface area contributed by atoms with E-state index in [0.29, 0.717) is 5.82 Å². The molecule has 1 aliphatic rings. The van der Waals surface area contributed by atoms with E-state index >= 15 is 0 Å². The van der Waals surface area contributed by atoms with Crippen molar-refractivity contribution in [3.05, 3.63) is 274 Å². The summed E-state index contributed by atoms with van der Waals surface area (Å²) in [6, 6.07) is 79.1. The highest BCUT2D eigenvalue weighted by atomic mass is 16.3. The van der Waals surface area contributed by atoms with Crippen molar-refractivity contribution in [3.63, 3.8) is 0 Å². The predicted molar refractivity (Wildman–Crippen MR) is 362 cm³/mol. The zero-order chi connectivity index (χ0) is 59.4. The van der Waals surface area contributed by atoms with Crippen molar-refractivity contribution in [1.82, 2.24) is 14.5 Å². The molecule has 0 fully saturated rings. The van der Waals surface area contributed by atoms with Crippen molar-refractivity contribution >= 4 is 33.0 Å². The average molecular weight is 1120 g/mol. The summed E-state index contributed by atoms with van der Waals surface area (Å²) in [7, 11) is 0. The van der Waals surface area contributed by atoms with Gasteiger partial charge in [-0.3, -0.25) is 4.57 Å². The fraction of sp³-hybridized carbons (Fsp3) is 0.122. The van der Waals surface area contributed by atoms with Gasteiger partial charge in [-0.15, -0.1) is 0 Å². The predicted octanol–water partition coefficient (Wildman–Crippen LogP) is 21.6. The number of pyridine rings is 1. The molecule has 0 amide bonds. The molecule has 5 heteroatoms. The van der Waals surface area contributed by atoms with E-state index in [2.05, 4.69) is 266 Å². The molecule has 0 radical (unpaired) electrons. The van der Waals surface area contributed by atoms with Crippen LogP contribution in [0.5, 0.6) is 5.75 Å². The van der Waals surface area contributed by atoms with Crippen LogP contribution >= 0.6 is 0 Å². The first-order chi connectivity index (χ1) is 42.4. The van der Waals surface area contributed by atoms with Gasteiger partial charge in [-0.05, 0) is 210 Å². The number of benzene rings is 11. The number of para-hydroxylation sites is 2. The lowest BCUT2D eigenvalue weighted by Gasteiger charge is -2.24. The Morgan fingerprint density at radius 2 is 0.920 bits per heavy atom. The summed E-state index contributed by atoms with van der Waals surface area (Å²) in [6.07, 6.45) is 1.66. The largest absolute Gasteiger partial charge is 0.507 e. The maximum absolute atomic E-state index is 11.6. The van der Waals surface area contributed by atoms with Crippen molar-refractivity contribution in [3.8, 4) is 112 Å². The Morgan fingerprint density at radius 3 is 1.55 bits per heavy atom. The topological polar surface area (TPSA) is 64.1 Å². The van der Waals surface area contributed by atoms with Gasteiger partial charge in [0.2, 0.25) is 0 Å². The minimum Gasteiger partial charge on any atom is -0.507 e. The smallest absolute Gasteiger partial charge is 0.164 e. The summed E-state index contributed by atoms with van der Waals surface area (Å²) in [6.45, 7) is 17.8. The van der Waals surface area contributed by atoms with Crippen molar-refractivity contribution in [1.29, 1.82) is 0 Å². The Bertz CT molecular complexity index is 4940. The molecule has 11 aromatic carbocycles. The zero-order valence-corrected chi connectivity index (χ0v) is 50.4. The first-order valence-corrected chi connectivity index (χ1v) is 30.3. The van der Waals surface area contributed by atoms with Crippen LogP contribution in [0, 0.1) is 55.4 Å². The fourth-order valence-corrected chi connectivity index (χ4v) is 14.8. The third kappa shape index (κ3) is 8.82. The molecule has 0 atom stereocenters. The van der Waals surface area contributed by atoms with Crippen LogP contribution < -0.4 is 0 Å². The number of aromatic nitrogens is 3. The third-order valence-electron chi connectivity index (χ3n) is 18.2. The Hall–Kier alpha value is -10.4. The van der Waals surface area contributed by atoms with E-state index in [1.54, 1.807) is 6.07 Å². The number of phenols is 1. The molecule has 1 aliphatic carbocycles. The standard InChI is InChI=1S/C82H65N3O2/c1-47-41-51(5)72(52(6)42-47)63-31-20-32-64(73-53(7)43-48(2)44-54(73)8)77(63)65-38-40-69-79(84-82(85(69)80-49(3)21-17-22-50(80)4)68-39-37-58-36-35-57-27-18-33-70(86)75(57)78(58)83-68)74(65)59-45-66-62-28-15-16-34-71(62)87-81(66)67(46-59)76-60(55-23-11-9-12-24-55)29-19-30-61(76)56-25-13-10-14-26-56/h9-34,37-46,86H,35-36H2,1-8H3. The van der Waals surface area contributed by atoms with Gasteiger partial charge >= 0.3 is 0 Å². The maximum atomic E-state index is 11.6. The highest BCUT2D eigenvalue weighted by Gasteiger charge is 2.31. The molecule has 87 heavy (non-hydrogen) atoms. The minimum atomic E-state index is 0.239. The molecule has 0 unspecified atom stereocenters. The van der Waals surface area contributed by atoms with Gasteiger partial charge < -0.3 is 9.52 Å². The number of furan rings is 1. The number of imidazole rings is 1. The molecule has 0 aliphatic heterocycles. The van der Waals surface area contributed by atoms with Crippen molar-refractivity contribution < 1.29 is 9.52 Å². The van der Waals surface area contributed by atoms with Crippen LogP contribution in [0.15, 0.2) is 223 Å². The molecule has 0 saturated heterocycles. The van der Waals surface area contributed by atoms with Crippen LogP contribution in [-0.2, 0) is 12.8 Å². The Morgan fingerprint density at radius 1 is 0.379 bits per heavy atom. The van der Waals surface area contributed by atoms with Gasteiger partial charge in [0.15, 0.2) is 5.82 Å². The van der Waals surface area contributed by atoms with Crippen LogP contribution in [0.1, 0.15) is 55.6 Å². The number of rotatable bonds is 9. The number of aryl methyl sites for hydroxylation is 10. The van der Waals surface area contributed by atoms with Gasteiger partial charge in [0, 0.05) is 33.0 Å². The minimum absolute atomic E-state index is 0.239. The normalized spacial score (nSPS) is 12.1. The summed E-state index contributed by atoms with van der Waals surface area (Å²) < 4.78 is 9.60. The number of nitrogens with zero attached hydrogens (tertiary/aromatic N) is 3. The Labute approximate surface area is 508 Å². The quantitative estimate of drug-likeness (QED) is 0.156. The highest BCUT2D eigenvalue weighted by molar-refractivity contribution is 6.17. The van der Waals surface area contributed by atoms with E-state index in [0.717, 1.165) is 157 Å². The molecule has 0 spiro atoms. The fourth-order valence-electron chi connectivity index (χ4n) is 14.8. The highest BCUT2D eigenvalue weighted by Crippen LogP contribution is 2.53. The van der Waals surface area contributed by atoms with Crippen LogP contribution in [0.2, 0.25) is 0 Å². The molecule has 5 nitrogen and oxygen atoms in total. The van der Waals surface area contributed by atoms with Crippen molar-refractivity contribution in [2.75, 3.05) is 0 Å². The lowest BCUT2D eigenvalue weighted by atomic mass is 9.79. The van der Waals surface area contributed by atoms with Crippen molar-refractivity contribution in [2.45, 2.75) is 68.2 Å². The number of aromatic hydroxyl groups is 1. The van der Waals surface area contributed by atoms with Gasteiger partial charge in [-0.2, -0.15) is 0 Å². The summed E-state index contributed by atoms with van der Waals surface area (Å²) >= 11 is 0. The molecular formula is C82H65N3O2. The third-order valence-corrected chi connectivity index (χ3v) is 18.2. The van der Waals surface area contributed by atoms with Crippen molar-refractivity contribution in [2.24, 2.45) is 0 Å². The Kier molecular flexibility index (Phi) is 12.9. The summed E-state index contributed by atoms with van der Waals surface area (Å²) in [5.74, 6) is 0.953. The van der Waals surface area contributed by atoms with Gasteiger partial charge in [-0.25, -0.2) is 9.97 Å². The first kappa shape index (κ1) is 53.4. The molecule has 14 aromatic rings. The second-order valence-electron chi connectivity index (χ2n) is 24.1. The van der Waals surface area contributed by atoms with E-state index in [1.807, 2.05) is 6.07 Å². The lowest BCUT2D eigenvalue weighted by molar-refractivity contribution is 0.476. The lowest BCUT2D eigenvalue weighted by Crippen LogP contribution is -2.08. The summed E-state index contributed by atoms with van der Waals surface area (Å²) in [5, 5.41) is 13.7. The molecule has 3 aromatic heterocycles. The number of hydrogen-bond acceptors (Lipinski definition) is 4. The molecule has 1 N–H and O–H groups in total. The average Bonchev–Trinajstić information content (AvgIpc) is 1.69. The number of hydrogen-bond donors (Lipinski definition) is 1. The second kappa shape index (κ2) is 21.0. The van der Waals surface area contributed by atoms with Crippen LogP contribution in [0.25, 0.3) is 139 Å². The van der Waals surface area contributed by atoms with E-state index < -0.39 is 0 Å². The zero-order valence-electron chi connectivity index (χ0n) is 50.4. The van der Waals surface area contributed by atoms with Crippen LogP contribution in [-0.4, -0.2) is 19.6 Å². The molecular weight excluding hydrogens is 1060 g/mol. The first-order valence-electron chi connectivity index (χ1n) is 30.3. The van der Waals surface area contributed by atoms with Gasteiger partial charge in [0.05, 0.1) is 22.4 Å². The van der Waals surface area contributed by atoms with Gasteiger partial charge in [0.1, 0.15) is 22.6 Å². The second-order valence-corrected chi connectivity index (χ2v) is 24.1. The SMILES string of the molecule is Cc1cc(C)c(-c2cccc(-c3c(C)cc(C)cc3C)c2-c2ccc3c(nc(-c4ccc5c(n4)-c4c(O)cccc4CC5)n3-c3c(C)cccc3C)c2-c2cc(-c3c(-c4ccccc4)cccc3-c3ccccc3)c3oc4ccccc4c3c2)c(C)c1. The Balaban J connectivity index is 1.15. The molecule has 0 bridgehead atoms. The molecule has 3 heterocycles. The van der Waals surface area contributed by atoms with E-state index in [1.165, 1.54) is 44.5 Å². The summed E-state index contributed by atoms with van der Waals surface area (Å²) in [4.78, 5) is 11.7. The monoisotopic (exact) mass is 1120 g/mol. The number of phenolic OH excluding ortho intramolecular Hbond substituents is 1. The van der Waals surface area contributed by atoms with E-state index in [-0.39, 0.29) is 5.75 Å². The molecule has 15 rings (SSSR count). The van der Waals surface area contributed by atoms with Gasteiger partial charge in [-0.1, -0.05) is 193 Å². The van der Waals surface area contributed by atoms with Gasteiger partial charge in [0.25, 0.3) is 0 Å². The van der Waals surface area contributed by atoms with Crippen LogP contribution in [0.3, 0.4) is 0 Å². The molecule has 0 saturated carbocycles. The van der Waals surface area contributed by atoms with Crippen LogP contribution in [0.4, 0.5) is 0 Å². The van der Waals surface area contributed by atoms with E-state index in [9.17, 15) is 5.11 Å². The van der Waals surface area contributed by atoms with E-state index in [4.69, 9.17) is 14.4 Å². The maximum Gasteiger partial charge on any atom is 0.164 e. The number of fused-ring (bicyclic) bond motifs is 7. The summed E-state index contributed by atoms with van der Waals surface area (Å²) in [5.41, 5.74) is 34.0. The molecule has 420 valence electrons.